The monoisotopic (exact) mass is 277 g/mol. The Labute approximate surface area is 120 Å². The number of thioether (sulfide) groups is 1. The van der Waals surface area contributed by atoms with Crippen molar-refractivity contribution in [1.29, 1.82) is 0 Å². The third-order valence-electron chi connectivity index (χ3n) is 2.82. The van der Waals surface area contributed by atoms with Crippen LogP contribution in [0.2, 0.25) is 0 Å². The molecule has 19 heavy (non-hydrogen) atoms. The van der Waals surface area contributed by atoms with Crippen LogP contribution in [0.1, 0.15) is 32.9 Å². The molecule has 0 aliphatic rings. The molecule has 0 fully saturated rings. The lowest BCUT2D eigenvalue weighted by Crippen LogP contribution is -2.00. The molecule has 0 amide bonds. The van der Waals surface area contributed by atoms with Crippen molar-refractivity contribution in [2.75, 3.05) is 5.73 Å². The first-order valence-electron chi connectivity index (χ1n) is 6.27. The van der Waals surface area contributed by atoms with Crippen LogP contribution < -0.4 is 5.73 Å². The molecule has 1 heterocycles. The van der Waals surface area contributed by atoms with Gasteiger partial charge in [0, 0.05) is 34.8 Å². The van der Waals surface area contributed by atoms with Crippen molar-refractivity contribution in [3.63, 3.8) is 0 Å². The number of nitrogens with zero attached hydrogens (tertiary/aromatic N) is 2. The van der Waals surface area contributed by atoms with Gasteiger partial charge < -0.3 is 10.3 Å². The van der Waals surface area contributed by atoms with Crippen LogP contribution in [0.25, 0.3) is 0 Å². The Morgan fingerprint density at radius 1 is 1.26 bits per heavy atom. The molecule has 0 saturated heterocycles. The number of aromatic nitrogens is 2. The fourth-order valence-corrected chi connectivity index (χ4v) is 2.60. The molecule has 0 aliphatic carbocycles. The van der Waals surface area contributed by atoms with Crippen molar-refractivity contribution >= 4 is 17.4 Å². The maximum Gasteiger partial charge on any atom is 0.0948 e. The summed E-state index contributed by atoms with van der Waals surface area (Å²) in [6.07, 6.45) is 6.30. The summed E-state index contributed by atoms with van der Waals surface area (Å²) in [6.45, 7) is 3.27. The van der Waals surface area contributed by atoms with Gasteiger partial charge in [0.25, 0.3) is 0 Å². The normalized spacial score (nSPS) is 10.2. The van der Waals surface area contributed by atoms with Gasteiger partial charge in [0.15, 0.2) is 0 Å². The summed E-state index contributed by atoms with van der Waals surface area (Å²) < 4.78 is 2.24. The second kappa shape index (κ2) is 7.89. The van der Waals surface area contributed by atoms with Crippen molar-refractivity contribution in [2.24, 2.45) is 0 Å². The van der Waals surface area contributed by atoms with Crippen molar-refractivity contribution in [1.82, 2.24) is 9.55 Å². The number of rotatable bonds is 6. The standard InChI is InChI=1S/C14H19N3S.CH4/c1-2-3-8-17-11-16-9-13(17)10-18-14-6-4-12(15)5-7-14;/h4-7,9,11H,2-3,8,10,15H2,1H3;1H4. The van der Waals surface area contributed by atoms with Crippen molar-refractivity contribution in [3.8, 4) is 0 Å². The second-order valence-electron chi connectivity index (χ2n) is 4.29. The molecular weight excluding hydrogens is 254 g/mol. The van der Waals surface area contributed by atoms with Crippen LogP contribution in [0, 0.1) is 0 Å². The number of imidazole rings is 1. The molecule has 2 aromatic rings. The van der Waals surface area contributed by atoms with E-state index in [0.717, 1.165) is 18.0 Å². The van der Waals surface area contributed by atoms with Gasteiger partial charge in [0.1, 0.15) is 0 Å². The van der Waals surface area contributed by atoms with E-state index in [0.29, 0.717) is 0 Å². The number of nitrogens with two attached hydrogens (primary N) is 1. The Morgan fingerprint density at radius 2 is 2.00 bits per heavy atom. The summed E-state index contributed by atoms with van der Waals surface area (Å²) >= 11 is 1.82. The van der Waals surface area contributed by atoms with Crippen LogP contribution in [0.4, 0.5) is 5.69 Å². The van der Waals surface area contributed by atoms with E-state index in [1.54, 1.807) is 0 Å². The van der Waals surface area contributed by atoms with Crippen molar-refractivity contribution < 1.29 is 0 Å². The number of hydrogen-bond donors (Lipinski definition) is 1. The maximum atomic E-state index is 5.67. The van der Waals surface area contributed by atoms with Crippen LogP contribution in [0.15, 0.2) is 41.7 Å². The predicted octanol–water partition coefficient (Wildman–Crippen LogP) is 4.19. The number of anilines is 1. The Hall–Kier alpha value is -1.42. The molecule has 2 rings (SSSR count). The number of aryl methyl sites for hydroxylation is 1. The number of unbranched alkanes of at least 4 members (excludes halogenated alkanes) is 1. The fraction of sp³-hybridized carbons (Fsp3) is 0.400. The highest BCUT2D eigenvalue weighted by atomic mass is 32.2. The van der Waals surface area contributed by atoms with Crippen LogP contribution >= 0.6 is 11.8 Å². The summed E-state index contributed by atoms with van der Waals surface area (Å²) in [6, 6.07) is 8.01. The van der Waals surface area contributed by atoms with Gasteiger partial charge in [-0.15, -0.1) is 11.8 Å². The van der Waals surface area contributed by atoms with E-state index < -0.39 is 0 Å². The molecule has 1 aromatic carbocycles. The topological polar surface area (TPSA) is 43.8 Å². The van der Waals surface area contributed by atoms with E-state index in [1.807, 2.05) is 36.4 Å². The SMILES string of the molecule is C.CCCCn1cncc1CSc1ccc(N)cc1. The molecule has 4 heteroatoms. The summed E-state index contributed by atoms with van der Waals surface area (Å²) in [5.74, 6) is 0.952. The molecule has 0 radical (unpaired) electrons. The van der Waals surface area contributed by atoms with Crippen molar-refractivity contribution in [3.05, 3.63) is 42.5 Å². The summed E-state index contributed by atoms with van der Waals surface area (Å²) in [7, 11) is 0. The molecular formula is C15H23N3S. The molecule has 2 N–H and O–H groups in total. The van der Waals surface area contributed by atoms with Gasteiger partial charge in [-0.25, -0.2) is 4.98 Å². The Kier molecular flexibility index (Phi) is 6.50. The first-order valence-corrected chi connectivity index (χ1v) is 7.25. The molecule has 0 unspecified atom stereocenters. The Morgan fingerprint density at radius 3 is 2.68 bits per heavy atom. The zero-order chi connectivity index (χ0) is 12.8. The predicted molar refractivity (Wildman–Crippen MR) is 84.3 cm³/mol. The minimum atomic E-state index is 0. The summed E-state index contributed by atoms with van der Waals surface area (Å²) in [4.78, 5) is 5.47. The van der Waals surface area contributed by atoms with Crippen LogP contribution in [0.3, 0.4) is 0 Å². The molecule has 1 aromatic heterocycles. The average molecular weight is 277 g/mol. The van der Waals surface area contributed by atoms with E-state index in [4.69, 9.17) is 5.73 Å². The molecule has 0 bridgehead atoms. The van der Waals surface area contributed by atoms with E-state index in [9.17, 15) is 0 Å². The van der Waals surface area contributed by atoms with E-state index in [2.05, 4.69) is 28.6 Å². The zero-order valence-corrected chi connectivity index (χ0v) is 11.5. The smallest absolute Gasteiger partial charge is 0.0948 e. The lowest BCUT2D eigenvalue weighted by molar-refractivity contribution is 0.617. The highest BCUT2D eigenvalue weighted by Crippen LogP contribution is 2.23. The summed E-state index contributed by atoms with van der Waals surface area (Å²) in [5.41, 5.74) is 7.77. The van der Waals surface area contributed by atoms with Crippen LogP contribution in [0.5, 0.6) is 0 Å². The minimum absolute atomic E-state index is 0. The highest BCUT2D eigenvalue weighted by Gasteiger charge is 2.02. The number of benzene rings is 1. The van der Waals surface area contributed by atoms with Gasteiger partial charge in [-0.05, 0) is 30.7 Å². The second-order valence-corrected chi connectivity index (χ2v) is 5.34. The van der Waals surface area contributed by atoms with Gasteiger partial charge in [-0.2, -0.15) is 0 Å². The first-order chi connectivity index (χ1) is 8.79. The Bertz CT molecular complexity index is 476. The minimum Gasteiger partial charge on any atom is -0.399 e. The molecule has 3 nitrogen and oxygen atoms in total. The molecule has 0 spiro atoms. The van der Waals surface area contributed by atoms with Crippen molar-refractivity contribution in [2.45, 2.75) is 44.4 Å². The molecule has 0 aliphatic heterocycles. The van der Waals surface area contributed by atoms with Gasteiger partial charge in [0.05, 0.1) is 6.33 Å². The third-order valence-corrected chi connectivity index (χ3v) is 3.86. The number of nitrogen functional groups attached to an aromatic ring is 1. The number of hydrogen-bond acceptors (Lipinski definition) is 3. The van der Waals surface area contributed by atoms with Gasteiger partial charge >= 0.3 is 0 Å². The van der Waals surface area contributed by atoms with Gasteiger partial charge in [-0.3, -0.25) is 0 Å². The first kappa shape index (κ1) is 15.6. The third kappa shape index (κ3) is 4.63. The lowest BCUT2D eigenvalue weighted by atomic mass is 10.3. The highest BCUT2D eigenvalue weighted by molar-refractivity contribution is 7.98. The largest absolute Gasteiger partial charge is 0.399 e. The van der Waals surface area contributed by atoms with Gasteiger partial charge in [0.2, 0.25) is 0 Å². The van der Waals surface area contributed by atoms with E-state index in [1.165, 1.54) is 23.4 Å². The van der Waals surface area contributed by atoms with E-state index >= 15 is 0 Å². The maximum absolute atomic E-state index is 5.67. The van der Waals surface area contributed by atoms with Gasteiger partial charge in [-0.1, -0.05) is 20.8 Å². The molecule has 104 valence electrons. The Balaban J connectivity index is 0.00000180. The average Bonchev–Trinajstić information content (AvgIpc) is 2.83. The quantitative estimate of drug-likeness (QED) is 0.636. The molecule has 0 atom stereocenters. The zero-order valence-electron chi connectivity index (χ0n) is 10.7. The van der Waals surface area contributed by atoms with E-state index in [-0.39, 0.29) is 7.43 Å². The van der Waals surface area contributed by atoms with Crippen LogP contribution in [-0.2, 0) is 12.3 Å². The fourth-order valence-electron chi connectivity index (χ4n) is 1.72. The lowest BCUT2D eigenvalue weighted by Gasteiger charge is -2.07. The summed E-state index contributed by atoms with van der Waals surface area (Å²) in [5, 5.41) is 0. The van der Waals surface area contributed by atoms with Crippen LogP contribution in [-0.4, -0.2) is 9.55 Å². The molecule has 0 saturated carbocycles.